The summed E-state index contributed by atoms with van der Waals surface area (Å²) in [5.41, 5.74) is 0.593. The molecule has 2 aromatic rings. The maximum absolute atomic E-state index is 10.4. The van der Waals surface area contributed by atoms with Crippen LogP contribution in [0.5, 0.6) is 17.2 Å². The van der Waals surface area contributed by atoms with Crippen molar-refractivity contribution in [2.24, 2.45) is 0 Å². The monoisotopic (exact) mass is 298 g/mol. The standard InChI is InChI=1S/C7H8O3S.C6H6O3/c8-11(9,10)6-7-4-2-1-3-5-7;7-4-2-1-3-5(8)6(4)9/h1-5H,6H2,(H,8,9,10);1-3,7-9H. The molecular weight excluding hydrogens is 284 g/mol. The first-order valence-corrected chi connectivity index (χ1v) is 7.09. The summed E-state index contributed by atoms with van der Waals surface area (Å²) in [5, 5.41) is 26.1. The Bertz CT molecular complexity index is 632. The Morgan fingerprint density at radius 3 is 1.70 bits per heavy atom. The third-order valence-corrected chi connectivity index (χ3v) is 2.88. The summed E-state index contributed by atoms with van der Waals surface area (Å²) >= 11 is 0. The second-order valence-corrected chi connectivity index (χ2v) is 5.31. The second-order valence-electron chi connectivity index (χ2n) is 3.86. The van der Waals surface area contributed by atoms with Crippen LogP contribution in [0.2, 0.25) is 0 Å². The minimum atomic E-state index is -3.88. The van der Waals surface area contributed by atoms with E-state index < -0.39 is 15.9 Å². The zero-order chi connectivity index (χ0) is 15.2. The largest absolute Gasteiger partial charge is 0.504 e. The quantitative estimate of drug-likeness (QED) is 0.497. The highest BCUT2D eigenvalue weighted by Gasteiger charge is 2.04. The molecule has 20 heavy (non-hydrogen) atoms. The van der Waals surface area contributed by atoms with Crippen LogP contribution in [0.1, 0.15) is 5.56 Å². The number of hydrogen-bond acceptors (Lipinski definition) is 5. The maximum Gasteiger partial charge on any atom is 0.269 e. The number of para-hydroxylation sites is 1. The van der Waals surface area contributed by atoms with Gasteiger partial charge in [0.05, 0.1) is 0 Å². The Balaban J connectivity index is 0.000000204. The Morgan fingerprint density at radius 2 is 1.30 bits per heavy atom. The van der Waals surface area contributed by atoms with Gasteiger partial charge in [-0.2, -0.15) is 8.42 Å². The van der Waals surface area contributed by atoms with E-state index in [-0.39, 0.29) is 17.3 Å². The van der Waals surface area contributed by atoms with E-state index in [0.717, 1.165) is 0 Å². The van der Waals surface area contributed by atoms with Crippen LogP contribution in [0.15, 0.2) is 48.5 Å². The summed E-state index contributed by atoms with van der Waals surface area (Å²) in [6.07, 6.45) is 0. The van der Waals surface area contributed by atoms with Crippen molar-refractivity contribution in [3.63, 3.8) is 0 Å². The molecule has 0 aliphatic heterocycles. The molecule has 2 rings (SSSR count). The van der Waals surface area contributed by atoms with Crippen molar-refractivity contribution in [1.82, 2.24) is 0 Å². The number of phenols is 3. The van der Waals surface area contributed by atoms with Crippen LogP contribution in [0, 0.1) is 0 Å². The number of hydrogen-bond donors (Lipinski definition) is 4. The molecular formula is C13H14O6S. The minimum absolute atomic E-state index is 0.310. The Kier molecular flexibility index (Phi) is 5.36. The van der Waals surface area contributed by atoms with E-state index in [0.29, 0.717) is 5.56 Å². The van der Waals surface area contributed by atoms with Crippen LogP contribution in [-0.2, 0) is 15.9 Å². The zero-order valence-electron chi connectivity index (χ0n) is 10.3. The van der Waals surface area contributed by atoms with Crippen molar-refractivity contribution in [1.29, 1.82) is 0 Å². The molecule has 0 saturated carbocycles. The lowest BCUT2D eigenvalue weighted by molar-refractivity contribution is 0.368. The lowest BCUT2D eigenvalue weighted by atomic mass is 10.2. The normalized spacial score (nSPS) is 10.4. The van der Waals surface area contributed by atoms with Crippen LogP contribution in [0.3, 0.4) is 0 Å². The first-order chi connectivity index (χ1) is 9.29. The molecule has 0 aliphatic rings. The van der Waals surface area contributed by atoms with Gasteiger partial charge in [-0.1, -0.05) is 36.4 Å². The first-order valence-electron chi connectivity index (χ1n) is 5.48. The summed E-state index contributed by atoms with van der Waals surface area (Å²) in [7, 11) is -3.88. The maximum atomic E-state index is 10.4. The van der Waals surface area contributed by atoms with Gasteiger partial charge in [0, 0.05) is 0 Å². The molecule has 0 spiro atoms. The summed E-state index contributed by atoms with van der Waals surface area (Å²) < 4.78 is 29.2. The third kappa shape index (κ3) is 5.59. The minimum Gasteiger partial charge on any atom is -0.504 e. The average Bonchev–Trinajstić information content (AvgIpc) is 2.36. The first kappa shape index (κ1) is 15.8. The fraction of sp³-hybridized carbons (Fsp3) is 0.0769. The van der Waals surface area contributed by atoms with Gasteiger partial charge in [0.25, 0.3) is 10.1 Å². The van der Waals surface area contributed by atoms with Gasteiger partial charge < -0.3 is 15.3 Å². The van der Waals surface area contributed by atoms with Crippen LogP contribution in [0.4, 0.5) is 0 Å². The molecule has 0 atom stereocenters. The van der Waals surface area contributed by atoms with Crippen molar-refractivity contribution in [3.05, 3.63) is 54.1 Å². The summed E-state index contributed by atoms with van der Waals surface area (Å²) in [6, 6.07) is 12.5. The van der Waals surface area contributed by atoms with E-state index in [1.54, 1.807) is 30.3 Å². The predicted octanol–water partition coefficient (Wildman–Crippen LogP) is 1.88. The second kappa shape index (κ2) is 6.78. The molecule has 0 heterocycles. The van der Waals surface area contributed by atoms with Gasteiger partial charge in [0.2, 0.25) is 0 Å². The topological polar surface area (TPSA) is 115 Å². The van der Waals surface area contributed by atoms with Crippen molar-refractivity contribution >= 4 is 10.1 Å². The number of rotatable bonds is 2. The summed E-state index contributed by atoms with van der Waals surface area (Å²) in [5.74, 6) is -1.41. The molecule has 6 nitrogen and oxygen atoms in total. The fourth-order valence-electron chi connectivity index (χ4n) is 1.30. The van der Waals surface area contributed by atoms with Gasteiger partial charge in [-0.3, -0.25) is 4.55 Å². The molecule has 4 N–H and O–H groups in total. The lowest BCUT2D eigenvalue weighted by Crippen LogP contribution is -2.00. The molecule has 108 valence electrons. The number of phenolic OH excluding ortho intramolecular Hbond substituents is 3. The van der Waals surface area contributed by atoms with Crippen LogP contribution < -0.4 is 0 Å². The highest BCUT2D eigenvalue weighted by Crippen LogP contribution is 2.32. The smallest absolute Gasteiger partial charge is 0.269 e. The molecule has 0 radical (unpaired) electrons. The van der Waals surface area contributed by atoms with E-state index in [2.05, 4.69) is 0 Å². The summed E-state index contributed by atoms with van der Waals surface area (Å²) in [4.78, 5) is 0. The lowest BCUT2D eigenvalue weighted by Gasteiger charge is -1.96. The van der Waals surface area contributed by atoms with Gasteiger partial charge in [-0.25, -0.2) is 0 Å². The molecule has 0 amide bonds. The highest BCUT2D eigenvalue weighted by atomic mass is 32.2. The van der Waals surface area contributed by atoms with Crippen molar-refractivity contribution in [3.8, 4) is 17.2 Å². The molecule has 2 aromatic carbocycles. The van der Waals surface area contributed by atoms with Crippen molar-refractivity contribution in [2.75, 3.05) is 0 Å². The van der Waals surface area contributed by atoms with E-state index in [1.165, 1.54) is 18.2 Å². The Labute approximate surface area is 116 Å². The van der Waals surface area contributed by atoms with Crippen LogP contribution in [0.25, 0.3) is 0 Å². The molecule has 7 heteroatoms. The van der Waals surface area contributed by atoms with Crippen molar-refractivity contribution in [2.45, 2.75) is 5.75 Å². The highest BCUT2D eigenvalue weighted by molar-refractivity contribution is 7.85. The zero-order valence-corrected chi connectivity index (χ0v) is 11.2. The van der Waals surface area contributed by atoms with Gasteiger partial charge in [0.1, 0.15) is 5.75 Å². The van der Waals surface area contributed by atoms with E-state index in [4.69, 9.17) is 19.9 Å². The van der Waals surface area contributed by atoms with Crippen LogP contribution in [-0.4, -0.2) is 28.3 Å². The Morgan fingerprint density at radius 1 is 0.800 bits per heavy atom. The van der Waals surface area contributed by atoms with E-state index in [9.17, 15) is 8.42 Å². The average molecular weight is 298 g/mol. The van der Waals surface area contributed by atoms with Gasteiger partial charge in [-0.05, 0) is 17.7 Å². The van der Waals surface area contributed by atoms with E-state index in [1.807, 2.05) is 0 Å². The summed E-state index contributed by atoms with van der Waals surface area (Å²) in [6.45, 7) is 0. The fourth-order valence-corrected chi connectivity index (χ4v) is 1.92. The predicted molar refractivity (Wildman–Crippen MR) is 73.1 cm³/mol. The molecule has 0 unspecified atom stereocenters. The number of benzene rings is 2. The van der Waals surface area contributed by atoms with Gasteiger partial charge in [0.15, 0.2) is 17.2 Å². The molecule has 0 aromatic heterocycles. The van der Waals surface area contributed by atoms with Crippen LogP contribution >= 0.6 is 0 Å². The third-order valence-electron chi connectivity index (χ3n) is 2.19. The molecule has 0 aliphatic carbocycles. The molecule has 0 saturated heterocycles. The Hall–Kier alpha value is -2.25. The number of aromatic hydroxyl groups is 3. The SMILES string of the molecule is O=S(=O)(O)Cc1ccccc1.Oc1cccc(O)c1O. The van der Waals surface area contributed by atoms with Crippen molar-refractivity contribution < 1.29 is 28.3 Å². The molecule has 0 fully saturated rings. The van der Waals surface area contributed by atoms with E-state index >= 15 is 0 Å². The van der Waals surface area contributed by atoms with Gasteiger partial charge >= 0.3 is 0 Å². The van der Waals surface area contributed by atoms with Gasteiger partial charge in [-0.15, -0.1) is 0 Å². The molecule has 0 bridgehead atoms.